The summed E-state index contributed by atoms with van der Waals surface area (Å²) in [5.41, 5.74) is -0.970. The normalized spacial score (nSPS) is 15.3. The number of rotatable bonds is 5. The lowest BCUT2D eigenvalue weighted by atomic mass is 9.78. The summed E-state index contributed by atoms with van der Waals surface area (Å²) in [7, 11) is 1.24. The zero-order chi connectivity index (χ0) is 15.3. The van der Waals surface area contributed by atoms with Gasteiger partial charge in [0.15, 0.2) is 5.54 Å². The summed E-state index contributed by atoms with van der Waals surface area (Å²) in [5, 5.41) is 13.2. The van der Waals surface area contributed by atoms with Gasteiger partial charge in [0, 0.05) is 6.92 Å². The molecule has 0 bridgehead atoms. The second-order valence-corrected chi connectivity index (χ2v) is 5.01. The number of hydrogen-bond acceptors (Lipinski definition) is 4. The fourth-order valence-electron chi connectivity index (χ4n) is 2.29. The number of carbonyl (C=O) groups is 2. The monoisotopic (exact) mass is 279 g/mol. The van der Waals surface area contributed by atoms with Crippen molar-refractivity contribution in [3.05, 3.63) is 35.9 Å². The minimum Gasteiger partial charge on any atom is -0.467 e. The minimum atomic E-state index is -1.51. The summed E-state index contributed by atoms with van der Waals surface area (Å²) in [6.45, 7) is 4.80. The van der Waals surface area contributed by atoms with Gasteiger partial charge in [0.2, 0.25) is 5.91 Å². The highest BCUT2D eigenvalue weighted by Gasteiger charge is 2.50. The minimum absolute atomic E-state index is 0.353. The van der Waals surface area contributed by atoms with Crippen LogP contribution in [0.15, 0.2) is 30.3 Å². The third-order valence-corrected chi connectivity index (χ3v) is 3.36. The van der Waals surface area contributed by atoms with Crippen molar-refractivity contribution in [3.8, 4) is 0 Å². The molecule has 0 saturated carbocycles. The van der Waals surface area contributed by atoms with Crippen LogP contribution in [0, 0.1) is 5.92 Å². The lowest BCUT2D eigenvalue weighted by molar-refractivity contribution is -0.160. The predicted octanol–water partition coefficient (Wildman–Crippen LogP) is 1.42. The van der Waals surface area contributed by atoms with Crippen LogP contribution in [0.4, 0.5) is 0 Å². The number of aliphatic hydroxyl groups excluding tert-OH is 1. The lowest BCUT2D eigenvalue weighted by Crippen LogP contribution is -2.62. The molecule has 2 N–H and O–H groups in total. The molecule has 0 aliphatic rings. The number of hydrogen-bond donors (Lipinski definition) is 2. The van der Waals surface area contributed by atoms with Gasteiger partial charge < -0.3 is 15.2 Å². The Balaban J connectivity index is 3.34. The van der Waals surface area contributed by atoms with Crippen molar-refractivity contribution < 1.29 is 19.4 Å². The first-order chi connectivity index (χ1) is 9.36. The number of nitrogens with one attached hydrogen (secondary N) is 1. The maximum absolute atomic E-state index is 12.2. The Morgan fingerprint density at radius 3 is 2.20 bits per heavy atom. The number of carbonyl (C=O) groups excluding carboxylic acids is 2. The van der Waals surface area contributed by atoms with E-state index in [4.69, 9.17) is 4.74 Å². The van der Waals surface area contributed by atoms with Crippen LogP contribution in [0.3, 0.4) is 0 Å². The largest absolute Gasteiger partial charge is 0.467 e. The van der Waals surface area contributed by atoms with Crippen LogP contribution in [0.5, 0.6) is 0 Å². The van der Waals surface area contributed by atoms with Gasteiger partial charge in [-0.05, 0) is 11.5 Å². The average Bonchev–Trinajstić information content (AvgIpc) is 2.43. The first-order valence-corrected chi connectivity index (χ1v) is 6.46. The Morgan fingerprint density at radius 2 is 1.80 bits per heavy atom. The van der Waals surface area contributed by atoms with E-state index in [1.165, 1.54) is 14.0 Å². The van der Waals surface area contributed by atoms with Crippen LogP contribution in [0.25, 0.3) is 0 Å². The highest BCUT2D eigenvalue weighted by atomic mass is 16.5. The van der Waals surface area contributed by atoms with Crippen LogP contribution in [0.1, 0.15) is 32.4 Å². The number of aliphatic hydroxyl groups is 1. The summed E-state index contributed by atoms with van der Waals surface area (Å²) in [6, 6.07) is 8.73. The van der Waals surface area contributed by atoms with Crippen LogP contribution in [-0.2, 0) is 14.3 Å². The Hall–Kier alpha value is -1.88. The molecule has 0 saturated heterocycles. The van der Waals surface area contributed by atoms with Crippen LogP contribution >= 0.6 is 0 Å². The Labute approximate surface area is 118 Å². The summed E-state index contributed by atoms with van der Waals surface area (Å²) in [5.74, 6) is -1.42. The highest BCUT2D eigenvalue weighted by molar-refractivity contribution is 5.88. The van der Waals surface area contributed by atoms with Gasteiger partial charge in [-0.2, -0.15) is 0 Å². The summed E-state index contributed by atoms with van der Waals surface area (Å²) in [6.07, 6.45) is -1.19. The van der Waals surface area contributed by atoms with Gasteiger partial charge in [-0.25, -0.2) is 4.79 Å². The molecule has 1 aromatic carbocycles. The maximum Gasteiger partial charge on any atom is 0.334 e. The van der Waals surface area contributed by atoms with Gasteiger partial charge in [-0.15, -0.1) is 0 Å². The highest BCUT2D eigenvalue weighted by Crippen LogP contribution is 2.33. The second kappa shape index (κ2) is 6.52. The molecule has 0 aliphatic heterocycles. The van der Waals surface area contributed by atoms with Crippen molar-refractivity contribution in [3.63, 3.8) is 0 Å². The third-order valence-electron chi connectivity index (χ3n) is 3.36. The van der Waals surface area contributed by atoms with E-state index in [0.29, 0.717) is 5.56 Å². The molecule has 5 heteroatoms. The van der Waals surface area contributed by atoms with E-state index in [2.05, 4.69) is 5.32 Å². The van der Waals surface area contributed by atoms with Gasteiger partial charge in [0.05, 0.1) is 7.11 Å². The lowest BCUT2D eigenvalue weighted by Gasteiger charge is -2.39. The molecule has 20 heavy (non-hydrogen) atoms. The molecule has 1 aromatic rings. The van der Waals surface area contributed by atoms with E-state index in [1.807, 2.05) is 6.07 Å². The summed E-state index contributed by atoms with van der Waals surface area (Å²) in [4.78, 5) is 23.7. The molecule has 0 spiro atoms. The zero-order valence-electron chi connectivity index (χ0n) is 12.2. The van der Waals surface area contributed by atoms with Crippen molar-refractivity contribution in [1.82, 2.24) is 5.32 Å². The smallest absolute Gasteiger partial charge is 0.334 e. The quantitative estimate of drug-likeness (QED) is 0.799. The molecule has 0 heterocycles. The van der Waals surface area contributed by atoms with Crippen molar-refractivity contribution in [2.24, 2.45) is 5.92 Å². The van der Waals surface area contributed by atoms with E-state index in [1.54, 1.807) is 38.1 Å². The predicted molar refractivity (Wildman–Crippen MR) is 74.8 cm³/mol. The Kier molecular flexibility index (Phi) is 5.27. The molecule has 0 fully saturated rings. The molecule has 0 radical (unpaired) electrons. The molecule has 1 rings (SSSR count). The zero-order valence-corrected chi connectivity index (χ0v) is 12.2. The number of ether oxygens (including phenoxy) is 1. The molecule has 2 atom stereocenters. The van der Waals surface area contributed by atoms with Crippen LogP contribution < -0.4 is 5.32 Å². The first kappa shape index (κ1) is 16.2. The fourth-order valence-corrected chi connectivity index (χ4v) is 2.29. The average molecular weight is 279 g/mol. The van der Waals surface area contributed by atoms with Gasteiger partial charge in [0.25, 0.3) is 0 Å². The molecular formula is C15H21NO4. The molecule has 0 unspecified atom stereocenters. The van der Waals surface area contributed by atoms with Crippen LogP contribution in [-0.4, -0.2) is 29.6 Å². The van der Waals surface area contributed by atoms with Gasteiger partial charge in [0.1, 0.15) is 6.10 Å². The van der Waals surface area contributed by atoms with Gasteiger partial charge >= 0.3 is 5.97 Å². The fraction of sp³-hybridized carbons (Fsp3) is 0.467. The van der Waals surface area contributed by atoms with Crippen molar-refractivity contribution in [2.75, 3.05) is 7.11 Å². The Bertz CT molecular complexity index is 472. The van der Waals surface area contributed by atoms with Crippen molar-refractivity contribution >= 4 is 11.9 Å². The third kappa shape index (κ3) is 2.99. The SMILES string of the molecule is COC(=O)[C@@](NC(C)=O)(C(C)C)[C@H](O)c1ccccc1. The molecule has 0 aliphatic carbocycles. The van der Waals surface area contributed by atoms with Gasteiger partial charge in [-0.1, -0.05) is 44.2 Å². The van der Waals surface area contributed by atoms with Crippen molar-refractivity contribution in [1.29, 1.82) is 0 Å². The number of amides is 1. The van der Waals surface area contributed by atoms with E-state index in [0.717, 1.165) is 0 Å². The summed E-state index contributed by atoms with van der Waals surface area (Å²) < 4.78 is 4.81. The van der Waals surface area contributed by atoms with E-state index < -0.39 is 23.5 Å². The second-order valence-electron chi connectivity index (χ2n) is 5.01. The number of methoxy groups -OCH3 is 1. The van der Waals surface area contributed by atoms with E-state index >= 15 is 0 Å². The molecule has 110 valence electrons. The molecule has 1 amide bonds. The maximum atomic E-state index is 12.2. The molecular weight excluding hydrogens is 258 g/mol. The van der Waals surface area contributed by atoms with Crippen molar-refractivity contribution in [2.45, 2.75) is 32.4 Å². The van der Waals surface area contributed by atoms with Crippen LogP contribution in [0.2, 0.25) is 0 Å². The molecule has 0 aromatic heterocycles. The standard InChI is InChI=1S/C15H21NO4/c1-10(2)15(14(19)20-4,16-11(3)17)13(18)12-8-6-5-7-9-12/h5-10,13,18H,1-4H3,(H,16,17)/t13-,15-/m1/s1. The number of benzene rings is 1. The first-order valence-electron chi connectivity index (χ1n) is 6.46. The summed E-state index contributed by atoms with van der Waals surface area (Å²) >= 11 is 0. The topological polar surface area (TPSA) is 75.6 Å². The number of esters is 1. The Morgan fingerprint density at radius 1 is 1.25 bits per heavy atom. The van der Waals surface area contributed by atoms with E-state index in [-0.39, 0.29) is 5.92 Å². The molecule has 5 nitrogen and oxygen atoms in total. The van der Waals surface area contributed by atoms with E-state index in [9.17, 15) is 14.7 Å². The van der Waals surface area contributed by atoms with Gasteiger partial charge in [-0.3, -0.25) is 4.79 Å².